The molecule has 2 fully saturated rings. The second-order valence-electron chi connectivity index (χ2n) is 7.66. The third-order valence-corrected chi connectivity index (χ3v) is 5.14. The molecule has 0 saturated carbocycles. The smallest absolute Gasteiger partial charge is 0.325 e. The first-order chi connectivity index (χ1) is 13.2. The van der Waals surface area contributed by atoms with Gasteiger partial charge in [0, 0.05) is 26.2 Å². The van der Waals surface area contributed by atoms with Crippen LogP contribution in [0.15, 0.2) is 30.3 Å². The molecule has 3 N–H and O–H groups in total. The summed E-state index contributed by atoms with van der Waals surface area (Å²) in [5.41, 5.74) is 5.59. The first kappa shape index (κ1) is 19.8. The fourth-order valence-corrected chi connectivity index (χ4v) is 3.52. The number of hydrogen-bond acceptors (Lipinski definition) is 5. The van der Waals surface area contributed by atoms with Crippen LogP contribution in [0.1, 0.15) is 19.4 Å². The fourth-order valence-electron chi connectivity index (χ4n) is 3.52. The minimum atomic E-state index is -1.03. The first-order valence-corrected chi connectivity index (χ1v) is 9.18. The molecule has 150 valence electrons. The molecular weight excluding hydrogens is 362 g/mol. The molecule has 0 spiro atoms. The highest BCUT2D eigenvalue weighted by atomic mass is 16.2. The van der Waals surface area contributed by atoms with Crippen molar-refractivity contribution in [2.24, 2.45) is 5.73 Å². The molecule has 1 atom stereocenters. The number of piperazine rings is 1. The van der Waals surface area contributed by atoms with E-state index in [1.54, 1.807) is 13.8 Å². The average Bonchev–Trinajstić information content (AvgIpc) is 2.84. The van der Waals surface area contributed by atoms with Gasteiger partial charge in [0.05, 0.1) is 0 Å². The van der Waals surface area contributed by atoms with Crippen molar-refractivity contribution in [1.82, 2.24) is 20.0 Å². The number of carbonyl (C=O) groups is 4. The van der Waals surface area contributed by atoms with Crippen molar-refractivity contribution in [3.63, 3.8) is 0 Å². The topological polar surface area (TPSA) is 116 Å². The predicted octanol–water partition coefficient (Wildman–Crippen LogP) is -0.485. The van der Waals surface area contributed by atoms with Gasteiger partial charge in [0.25, 0.3) is 5.91 Å². The van der Waals surface area contributed by atoms with E-state index < -0.39 is 29.4 Å². The van der Waals surface area contributed by atoms with Crippen molar-refractivity contribution >= 4 is 23.8 Å². The van der Waals surface area contributed by atoms with E-state index in [2.05, 4.69) is 5.32 Å². The third-order valence-electron chi connectivity index (χ3n) is 5.14. The average molecular weight is 387 g/mol. The van der Waals surface area contributed by atoms with Crippen molar-refractivity contribution < 1.29 is 19.2 Å². The molecule has 1 aromatic rings. The highest BCUT2D eigenvalue weighted by Gasteiger charge is 2.45. The van der Waals surface area contributed by atoms with Crippen LogP contribution in [-0.4, -0.2) is 76.2 Å². The summed E-state index contributed by atoms with van der Waals surface area (Å²) in [7, 11) is 0. The third kappa shape index (κ3) is 3.99. The molecule has 3 rings (SSSR count). The van der Waals surface area contributed by atoms with Gasteiger partial charge in [0.1, 0.15) is 18.1 Å². The Bertz CT molecular complexity index is 795. The van der Waals surface area contributed by atoms with Gasteiger partial charge in [0.2, 0.25) is 11.8 Å². The van der Waals surface area contributed by atoms with Gasteiger partial charge < -0.3 is 16.0 Å². The van der Waals surface area contributed by atoms with Crippen LogP contribution in [0.25, 0.3) is 0 Å². The Kier molecular flexibility index (Phi) is 5.37. The Labute approximate surface area is 163 Å². The maximum Gasteiger partial charge on any atom is 0.325 e. The van der Waals surface area contributed by atoms with Gasteiger partial charge in [-0.05, 0) is 19.4 Å². The normalized spacial score (nSPS) is 22.3. The van der Waals surface area contributed by atoms with Gasteiger partial charge in [-0.15, -0.1) is 0 Å². The van der Waals surface area contributed by atoms with E-state index in [4.69, 9.17) is 5.73 Å². The van der Waals surface area contributed by atoms with Crippen LogP contribution >= 0.6 is 0 Å². The monoisotopic (exact) mass is 387 g/mol. The Morgan fingerprint density at radius 2 is 1.86 bits per heavy atom. The molecule has 28 heavy (non-hydrogen) atoms. The van der Waals surface area contributed by atoms with Crippen LogP contribution in [0, 0.1) is 0 Å². The number of nitrogens with two attached hydrogens (primary N) is 1. The fraction of sp³-hybridized carbons (Fsp3) is 0.474. The van der Waals surface area contributed by atoms with E-state index in [1.807, 2.05) is 35.2 Å². The standard InChI is InChI=1S/C19H25N5O4/c1-19(2)17(27)24(18(28)21-19)12-15(25)23-9-8-22(14(11-23)16(20)26)10-13-6-4-3-5-7-13/h3-7,14H,8-12H2,1-2H3,(H2,20,26)(H,21,28)/t14-/m1/s1. The second kappa shape index (κ2) is 7.59. The summed E-state index contributed by atoms with van der Waals surface area (Å²) in [5.74, 6) is -1.34. The highest BCUT2D eigenvalue weighted by molar-refractivity contribution is 6.08. The number of nitrogens with one attached hydrogen (secondary N) is 1. The van der Waals surface area contributed by atoms with E-state index >= 15 is 0 Å². The maximum absolute atomic E-state index is 12.7. The van der Waals surface area contributed by atoms with E-state index in [0.29, 0.717) is 19.6 Å². The summed E-state index contributed by atoms with van der Waals surface area (Å²) < 4.78 is 0. The molecule has 1 aromatic carbocycles. The van der Waals surface area contributed by atoms with Crippen molar-refractivity contribution in [3.8, 4) is 0 Å². The molecule has 2 heterocycles. The van der Waals surface area contributed by atoms with Crippen LogP contribution in [0.2, 0.25) is 0 Å². The van der Waals surface area contributed by atoms with E-state index in [1.165, 1.54) is 4.90 Å². The summed E-state index contributed by atoms with van der Waals surface area (Å²) in [4.78, 5) is 53.2. The van der Waals surface area contributed by atoms with Crippen LogP contribution in [-0.2, 0) is 20.9 Å². The van der Waals surface area contributed by atoms with Gasteiger partial charge in [-0.1, -0.05) is 30.3 Å². The summed E-state index contributed by atoms with van der Waals surface area (Å²) in [5, 5.41) is 2.55. The number of urea groups is 1. The van der Waals surface area contributed by atoms with E-state index in [9.17, 15) is 19.2 Å². The molecule has 2 aliphatic heterocycles. The molecule has 0 aromatic heterocycles. The van der Waals surface area contributed by atoms with Gasteiger partial charge >= 0.3 is 6.03 Å². The molecule has 9 nitrogen and oxygen atoms in total. The lowest BCUT2D eigenvalue weighted by Crippen LogP contribution is -2.60. The summed E-state index contributed by atoms with van der Waals surface area (Å²) in [6, 6.07) is 8.49. The Balaban J connectivity index is 1.65. The van der Waals surface area contributed by atoms with Crippen molar-refractivity contribution in [3.05, 3.63) is 35.9 Å². The zero-order valence-corrected chi connectivity index (χ0v) is 16.1. The van der Waals surface area contributed by atoms with Gasteiger partial charge in [-0.2, -0.15) is 0 Å². The quantitative estimate of drug-likeness (QED) is 0.662. The molecule has 0 unspecified atom stereocenters. The Morgan fingerprint density at radius 1 is 1.18 bits per heavy atom. The number of primary amides is 1. The maximum atomic E-state index is 12.7. The number of benzene rings is 1. The molecule has 0 radical (unpaired) electrons. The predicted molar refractivity (Wildman–Crippen MR) is 101 cm³/mol. The van der Waals surface area contributed by atoms with E-state index in [0.717, 1.165) is 10.5 Å². The summed E-state index contributed by atoms with van der Waals surface area (Å²) in [6.07, 6.45) is 0. The lowest BCUT2D eigenvalue weighted by molar-refractivity contribution is -0.142. The van der Waals surface area contributed by atoms with Crippen molar-refractivity contribution in [2.75, 3.05) is 26.2 Å². The van der Waals surface area contributed by atoms with Crippen molar-refractivity contribution in [2.45, 2.75) is 32.0 Å². The zero-order valence-electron chi connectivity index (χ0n) is 16.1. The molecule has 5 amide bonds. The number of amides is 5. The minimum absolute atomic E-state index is 0.133. The van der Waals surface area contributed by atoms with Crippen LogP contribution in [0.5, 0.6) is 0 Å². The summed E-state index contributed by atoms with van der Waals surface area (Å²) in [6.45, 7) is 4.37. The van der Waals surface area contributed by atoms with Crippen LogP contribution in [0.3, 0.4) is 0 Å². The van der Waals surface area contributed by atoms with Crippen LogP contribution in [0.4, 0.5) is 4.79 Å². The number of nitrogens with zero attached hydrogens (tertiary/aromatic N) is 3. The number of imide groups is 1. The molecule has 0 bridgehead atoms. The first-order valence-electron chi connectivity index (χ1n) is 9.18. The molecule has 2 saturated heterocycles. The highest BCUT2D eigenvalue weighted by Crippen LogP contribution is 2.18. The largest absolute Gasteiger partial charge is 0.368 e. The lowest BCUT2D eigenvalue weighted by atomic mass is 10.1. The van der Waals surface area contributed by atoms with E-state index in [-0.39, 0.29) is 19.0 Å². The zero-order chi connectivity index (χ0) is 20.5. The SMILES string of the molecule is CC1(C)NC(=O)N(CC(=O)N2CCN(Cc3ccccc3)[C@@H](C(N)=O)C2)C1=O. The van der Waals surface area contributed by atoms with Gasteiger partial charge in [0.15, 0.2) is 0 Å². The molecule has 0 aliphatic carbocycles. The number of rotatable bonds is 5. The Hall–Kier alpha value is -2.94. The number of carbonyl (C=O) groups excluding carboxylic acids is 4. The van der Waals surface area contributed by atoms with Gasteiger partial charge in [-0.3, -0.25) is 24.2 Å². The number of hydrogen-bond donors (Lipinski definition) is 2. The minimum Gasteiger partial charge on any atom is -0.368 e. The van der Waals surface area contributed by atoms with Gasteiger partial charge in [-0.25, -0.2) is 4.79 Å². The second-order valence-corrected chi connectivity index (χ2v) is 7.66. The van der Waals surface area contributed by atoms with Crippen LogP contribution < -0.4 is 11.1 Å². The Morgan fingerprint density at radius 3 is 2.43 bits per heavy atom. The summed E-state index contributed by atoms with van der Waals surface area (Å²) >= 11 is 0. The molecule has 2 aliphatic rings. The molecule has 9 heteroatoms. The van der Waals surface area contributed by atoms with Crippen molar-refractivity contribution in [1.29, 1.82) is 0 Å². The lowest BCUT2D eigenvalue weighted by Gasteiger charge is -2.40. The molecular formula is C19H25N5O4.